The van der Waals surface area contributed by atoms with Gasteiger partial charge in [-0.3, -0.25) is 70.2 Å². The fourth-order valence-corrected chi connectivity index (χ4v) is 14.2. The maximum atomic E-state index is 14.3. The van der Waals surface area contributed by atoms with Crippen molar-refractivity contribution in [3.63, 3.8) is 0 Å². The molecule has 0 radical (unpaired) electrons. The van der Waals surface area contributed by atoms with Crippen LogP contribution in [0.2, 0.25) is 0 Å². The molecule has 39 heteroatoms. The molecule has 0 spiro atoms. The number of fused-ring (bicyclic) bond motifs is 1. The topological polar surface area (TPSA) is 399 Å². The Morgan fingerprint density at radius 1 is 0.667 bits per heavy atom. The zero-order valence-electron chi connectivity index (χ0n) is 41.9. The first-order chi connectivity index (χ1) is 36.7. The van der Waals surface area contributed by atoms with Crippen LogP contribution < -0.4 is 33.8 Å². The molecule has 3 saturated heterocycles. The third kappa shape index (κ3) is 16.1. The summed E-state index contributed by atoms with van der Waals surface area (Å²) < 4.78 is 128. The van der Waals surface area contributed by atoms with Gasteiger partial charge in [0, 0.05) is 50.1 Å². The molecule has 3 aliphatic heterocycles. The number of aryl methyl sites for hydroxylation is 2. The second-order valence-corrected chi connectivity index (χ2v) is 29.3. The number of aromatic amines is 3. The van der Waals surface area contributed by atoms with E-state index >= 15 is 0 Å². The number of H-pyrrole nitrogens is 3. The number of aliphatic hydroxyl groups is 1. The lowest BCUT2D eigenvalue weighted by Gasteiger charge is -2.27. The van der Waals surface area contributed by atoms with Crippen molar-refractivity contribution >= 4 is 93.3 Å². The molecular formula is C39H59N9O22P4S4. The number of nitrogen functional groups attached to an aromatic ring is 1. The summed E-state index contributed by atoms with van der Waals surface area (Å²) in [7, 11) is 1.22. The number of rotatable bonds is 28. The highest BCUT2D eigenvalue weighted by Gasteiger charge is 2.52. The number of ether oxygens (including phenoxy) is 4. The Hall–Kier alpha value is -2.69. The van der Waals surface area contributed by atoms with E-state index in [0.717, 1.165) is 22.0 Å². The summed E-state index contributed by atoms with van der Waals surface area (Å²) in [6.07, 6.45) is -7.63. The number of hydrogen-bond acceptors (Lipinski definition) is 25. The number of aromatic nitrogens is 8. The number of thiol groups is 4. The Morgan fingerprint density at radius 2 is 1.18 bits per heavy atom. The number of aliphatic hydroxyl groups excluding tert-OH is 1. The standard InChI is InChI=1S/C39H59N9O22P4S4/c1-5-6-7-10-60-71(55,75)62-16-24-23(13-28(66-24)48-19-41-29-32(48)42-37(40)43-35(29)52)69-73(57,77)63-17-25-22(12-27(65-25)46-14-20(2)33(50)44-38(46)53)68-74(58,78)64-18-26-30(70-72(56,76)61-11-8-9-49)31(59-4)36(67-26)47-15-21(3)34(51)45-39(47)54/h14-15,19,22-28,30-31,36,49H,5-13,16-18H2,1-4H3,(H,55,75)(H,56,76)(H,57,77)(H,58,78)(H,44,50,53)(H,45,51,54)(H3,40,42,43,52)/t22-,23-,24?,25?,26?,27-,28-,30?,31?,36?,71?,72?,73?,74?/m1/s1. The summed E-state index contributed by atoms with van der Waals surface area (Å²) in [6.45, 7) is -15.1. The van der Waals surface area contributed by atoms with Gasteiger partial charge in [-0.15, -0.1) is 0 Å². The van der Waals surface area contributed by atoms with E-state index in [1.165, 1.54) is 44.2 Å². The van der Waals surface area contributed by atoms with Crippen LogP contribution in [0.5, 0.6) is 0 Å². The number of imidazole rings is 1. The van der Waals surface area contributed by atoms with Crippen molar-refractivity contribution < 1.29 is 78.5 Å². The van der Waals surface area contributed by atoms with Crippen molar-refractivity contribution in [2.24, 2.45) is 0 Å². The van der Waals surface area contributed by atoms with Crippen LogP contribution in [0.25, 0.3) is 11.2 Å². The molecule has 78 heavy (non-hydrogen) atoms. The van der Waals surface area contributed by atoms with Crippen LogP contribution in [0.3, 0.4) is 0 Å². The van der Waals surface area contributed by atoms with Crippen molar-refractivity contribution in [3.8, 4) is 0 Å². The number of methoxy groups -OCH3 is 1. The van der Waals surface area contributed by atoms with Gasteiger partial charge in [-0.2, -0.15) is 4.98 Å². The Bertz CT molecular complexity index is 3270. The van der Waals surface area contributed by atoms with Gasteiger partial charge in [-0.1, -0.05) is 68.8 Å². The maximum Gasteiger partial charge on any atom is 0.386 e. The van der Waals surface area contributed by atoms with Crippen LogP contribution >= 0.6 is 76.2 Å². The van der Waals surface area contributed by atoms with E-state index in [0.29, 0.717) is 6.42 Å². The Kier molecular flexibility index (Phi) is 21.5. The number of anilines is 1. The summed E-state index contributed by atoms with van der Waals surface area (Å²) in [4.78, 5) is 78.3. The highest BCUT2D eigenvalue weighted by Crippen LogP contribution is 2.61. The lowest BCUT2D eigenvalue weighted by molar-refractivity contribution is -0.0625. The Balaban J connectivity index is 1.10. The molecule has 7 heterocycles. The summed E-state index contributed by atoms with van der Waals surface area (Å²) in [6, 6.07) is 0. The van der Waals surface area contributed by atoms with Gasteiger partial charge in [0.05, 0.1) is 39.4 Å². The first kappa shape index (κ1) is 62.9. The summed E-state index contributed by atoms with van der Waals surface area (Å²) >= 11 is 16.6. The van der Waals surface area contributed by atoms with Crippen molar-refractivity contribution in [3.05, 3.63) is 81.9 Å². The zero-order chi connectivity index (χ0) is 56.9. The minimum absolute atomic E-state index is 0.0284. The lowest BCUT2D eigenvalue weighted by Crippen LogP contribution is -2.40. The molecule has 31 nitrogen and oxygen atoms in total. The van der Waals surface area contributed by atoms with E-state index < -0.39 is 136 Å². The van der Waals surface area contributed by atoms with Gasteiger partial charge in [-0.25, -0.2) is 32.8 Å². The van der Waals surface area contributed by atoms with Crippen LogP contribution in [0.4, 0.5) is 5.95 Å². The number of nitrogens with one attached hydrogen (secondary N) is 3. The Labute approximate surface area is 463 Å². The molecule has 0 saturated carbocycles. The molecule has 10 unspecified atom stereocenters. The molecular weight excluding hydrogens is 1200 g/mol. The van der Waals surface area contributed by atoms with E-state index in [-0.39, 0.29) is 67.3 Å². The van der Waals surface area contributed by atoms with Gasteiger partial charge in [0.15, 0.2) is 17.4 Å². The first-order valence-corrected chi connectivity index (χ1v) is 34.6. The molecule has 6 N–H and O–H groups in total. The largest absolute Gasteiger partial charge is 0.396 e. The Morgan fingerprint density at radius 3 is 1.76 bits per heavy atom. The van der Waals surface area contributed by atoms with Crippen LogP contribution in [0.15, 0.2) is 42.7 Å². The van der Waals surface area contributed by atoms with Crippen molar-refractivity contribution in [1.82, 2.24) is 38.6 Å². The van der Waals surface area contributed by atoms with Gasteiger partial charge >= 0.3 is 38.6 Å². The minimum atomic E-state index is -4.66. The molecule has 436 valence electrons. The highest BCUT2D eigenvalue weighted by molar-refractivity contribution is 8.45. The zero-order valence-corrected chi connectivity index (χ0v) is 49.1. The van der Waals surface area contributed by atoms with Gasteiger partial charge in [0.25, 0.3) is 16.7 Å². The van der Waals surface area contributed by atoms with Crippen LogP contribution in [-0.4, -0.2) is 133 Å². The predicted octanol–water partition coefficient (Wildman–Crippen LogP) is 3.87. The lowest BCUT2D eigenvalue weighted by atomic mass is 10.1. The third-order valence-electron chi connectivity index (χ3n) is 12.1. The van der Waals surface area contributed by atoms with Crippen molar-refractivity contribution in [1.29, 1.82) is 0 Å². The fraction of sp³-hybridized carbons (Fsp3) is 0.667. The SMILES string of the molecule is CCCCCOP(=O)(S)OCC1O[C@@H](n2cnc3c(=O)[nH]c(N)nc32)C[C@H]1OP(=O)(S)OCC1O[C@@H](n2cc(C)c(=O)[nH]c2=O)C[C@H]1OP(=O)(S)OCC1OC(n2cc(C)c(=O)[nH]c2=O)C(OC)C1OP(=O)(S)OCCCO. The van der Waals surface area contributed by atoms with E-state index in [9.17, 15) is 47.3 Å². The van der Waals surface area contributed by atoms with Gasteiger partial charge < -0.3 is 38.8 Å². The molecule has 3 aliphatic rings. The normalized spacial score (nSPS) is 27.7. The van der Waals surface area contributed by atoms with Crippen LogP contribution in [-0.2, 0) is 73.4 Å². The average Bonchev–Trinajstić information content (AvgIpc) is 4.20. The smallest absolute Gasteiger partial charge is 0.386 e. The molecule has 4 aromatic heterocycles. The fourth-order valence-electron chi connectivity index (χ4n) is 8.34. The van der Waals surface area contributed by atoms with E-state index in [4.69, 9.17) is 60.9 Å². The molecule has 4 aromatic rings. The van der Waals surface area contributed by atoms with Crippen molar-refractivity contribution in [2.75, 3.05) is 52.5 Å². The maximum absolute atomic E-state index is 14.3. The molecule has 14 atom stereocenters. The summed E-state index contributed by atoms with van der Waals surface area (Å²) in [5, 5.41) is 9.24. The third-order valence-corrected chi connectivity index (χ3v) is 18.7. The first-order valence-electron chi connectivity index (χ1n) is 23.8. The molecule has 0 amide bonds. The summed E-state index contributed by atoms with van der Waals surface area (Å²) in [5.41, 5.74) is 2.16. The molecule has 3 fully saturated rings. The van der Waals surface area contributed by atoms with Crippen LogP contribution in [0, 0.1) is 13.8 Å². The minimum Gasteiger partial charge on any atom is -0.396 e. The van der Waals surface area contributed by atoms with Crippen LogP contribution in [0.1, 0.15) is 75.3 Å². The predicted molar refractivity (Wildman–Crippen MR) is 288 cm³/mol. The number of nitrogens with zero attached hydrogens (tertiary/aromatic N) is 5. The van der Waals surface area contributed by atoms with E-state index in [2.05, 4.69) is 73.9 Å². The van der Waals surface area contributed by atoms with E-state index in [1.807, 2.05) is 6.92 Å². The molecule has 0 aromatic carbocycles. The molecule has 7 rings (SSSR count). The number of nitrogens with two attached hydrogens (primary N) is 1. The molecule has 0 bridgehead atoms. The monoisotopic (exact) mass is 1260 g/mol. The second-order valence-electron chi connectivity index (χ2n) is 17.8. The second kappa shape index (κ2) is 26.7. The summed E-state index contributed by atoms with van der Waals surface area (Å²) in [5.74, 6) is -0.221. The van der Waals surface area contributed by atoms with Crippen molar-refractivity contribution in [2.45, 2.75) is 121 Å². The van der Waals surface area contributed by atoms with Gasteiger partial charge in [0.2, 0.25) is 5.95 Å². The molecule has 0 aliphatic carbocycles. The number of unbranched alkanes of at least 4 members (excludes halogenated alkanes) is 2. The quantitative estimate of drug-likeness (QED) is 0.0221. The number of hydrogen-bond donors (Lipinski definition) is 9. The van der Waals surface area contributed by atoms with E-state index in [1.54, 1.807) is 0 Å². The highest BCUT2D eigenvalue weighted by atomic mass is 32.7. The average molecular weight is 1260 g/mol. The van der Waals surface area contributed by atoms with Gasteiger partial charge in [-0.05, 0) is 26.7 Å². The van der Waals surface area contributed by atoms with Gasteiger partial charge in [0.1, 0.15) is 55.2 Å².